The van der Waals surface area contributed by atoms with Crippen molar-refractivity contribution in [2.24, 2.45) is 13.0 Å². The van der Waals surface area contributed by atoms with Crippen LogP contribution < -0.4 is 5.32 Å². The van der Waals surface area contributed by atoms with Gasteiger partial charge in [-0.2, -0.15) is 0 Å². The van der Waals surface area contributed by atoms with Crippen LogP contribution in [0.25, 0.3) is 11.0 Å². The number of fused-ring (bicyclic) bond motifs is 4. The quantitative estimate of drug-likeness (QED) is 0.924. The van der Waals surface area contributed by atoms with E-state index in [1.807, 2.05) is 29.8 Å². The number of nitrogens with zero attached hydrogens (tertiary/aromatic N) is 3. The highest BCUT2D eigenvalue weighted by atomic mass is 16.1. The van der Waals surface area contributed by atoms with Gasteiger partial charge < -0.3 is 9.88 Å². The summed E-state index contributed by atoms with van der Waals surface area (Å²) in [5, 5.41) is 3.32. The van der Waals surface area contributed by atoms with Crippen LogP contribution in [0.1, 0.15) is 37.0 Å². The van der Waals surface area contributed by atoms with E-state index in [-0.39, 0.29) is 17.5 Å². The first kappa shape index (κ1) is 14.7. The monoisotopic (exact) mass is 312 g/mol. The topological polar surface area (TPSA) is 50.2 Å². The van der Waals surface area contributed by atoms with Crippen molar-refractivity contribution in [1.82, 2.24) is 19.8 Å². The van der Waals surface area contributed by atoms with Crippen molar-refractivity contribution in [1.29, 1.82) is 0 Å². The molecule has 3 fully saturated rings. The third-order valence-electron chi connectivity index (χ3n) is 5.86. The molecule has 0 unspecified atom stereocenters. The third kappa shape index (κ3) is 2.26. The molecule has 0 aliphatic carbocycles. The van der Waals surface area contributed by atoms with Crippen LogP contribution in [-0.2, 0) is 7.05 Å². The lowest BCUT2D eigenvalue weighted by molar-refractivity contribution is -0.0378. The molecule has 1 atom stereocenters. The summed E-state index contributed by atoms with van der Waals surface area (Å²) in [6, 6.07) is 5.96. The van der Waals surface area contributed by atoms with Crippen LogP contribution in [0.5, 0.6) is 0 Å². The fourth-order valence-corrected chi connectivity index (χ4v) is 4.37. The number of hydrogen-bond acceptors (Lipinski definition) is 3. The highest BCUT2D eigenvalue weighted by molar-refractivity contribution is 5.97. The van der Waals surface area contributed by atoms with Crippen LogP contribution in [0.15, 0.2) is 24.5 Å². The Balaban J connectivity index is 1.60. The number of piperidine rings is 3. The van der Waals surface area contributed by atoms with Gasteiger partial charge in [0.1, 0.15) is 0 Å². The van der Waals surface area contributed by atoms with E-state index < -0.39 is 0 Å². The summed E-state index contributed by atoms with van der Waals surface area (Å²) < 4.78 is 1.95. The minimum absolute atomic E-state index is 0.0277. The molecule has 122 valence electrons. The van der Waals surface area contributed by atoms with Crippen LogP contribution in [0.3, 0.4) is 0 Å². The van der Waals surface area contributed by atoms with E-state index in [1.165, 1.54) is 12.8 Å². The van der Waals surface area contributed by atoms with E-state index >= 15 is 0 Å². The van der Waals surface area contributed by atoms with Gasteiger partial charge in [-0.15, -0.1) is 0 Å². The molecule has 1 amide bonds. The van der Waals surface area contributed by atoms with E-state index in [2.05, 4.69) is 29.0 Å². The number of imidazole rings is 1. The van der Waals surface area contributed by atoms with Crippen molar-refractivity contribution < 1.29 is 4.79 Å². The highest BCUT2D eigenvalue weighted by Gasteiger charge is 2.48. The number of hydrogen-bond donors (Lipinski definition) is 1. The van der Waals surface area contributed by atoms with Gasteiger partial charge in [-0.25, -0.2) is 4.98 Å². The van der Waals surface area contributed by atoms with Crippen molar-refractivity contribution in [2.75, 3.05) is 13.1 Å². The first-order valence-electron chi connectivity index (χ1n) is 8.44. The zero-order valence-electron chi connectivity index (χ0n) is 14.0. The SMILES string of the molecule is Cn1cnc2ccc(C(=O)N[C@@H]3C4CCN(CC4)C3(C)C)cc21. The van der Waals surface area contributed by atoms with Crippen LogP contribution in [0, 0.1) is 5.92 Å². The maximum Gasteiger partial charge on any atom is 0.251 e. The Kier molecular flexibility index (Phi) is 3.23. The number of benzene rings is 1. The van der Waals surface area contributed by atoms with Gasteiger partial charge >= 0.3 is 0 Å². The Morgan fingerprint density at radius 2 is 2.04 bits per heavy atom. The molecule has 3 aliphatic heterocycles. The minimum Gasteiger partial charge on any atom is -0.347 e. The standard InChI is InChI=1S/C18H24N4O/c1-18(2)16(12-6-8-22(18)9-7-12)20-17(23)13-4-5-14-15(10-13)21(3)11-19-14/h4-5,10-12,16H,6-9H2,1-3H3,(H,20,23)/t16-/m1/s1. The number of nitrogens with one attached hydrogen (secondary N) is 1. The largest absolute Gasteiger partial charge is 0.347 e. The molecule has 1 aromatic heterocycles. The molecule has 4 heterocycles. The van der Waals surface area contributed by atoms with E-state index in [1.54, 1.807) is 6.33 Å². The Morgan fingerprint density at radius 1 is 1.30 bits per heavy atom. The molecule has 2 aromatic rings. The van der Waals surface area contributed by atoms with Crippen LogP contribution >= 0.6 is 0 Å². The summed E-state index contributed by atoms with van der Waals surface area (Å²) >= 11 is 0. The van der Waals surface area contributed by atoms with Gasteiger partial charge in [0.25, 0.3) is 5.91 Å². The molecule has 5 rings (SSSR count). The summed E-state index contributed by atoms with van der Waals surface area (Å²) in [6.45, 7) is 6.83. The second-order valence-corrected chi connectivity index (χ2v) is 7.49. The molecule has 5 nitrogen and oxygen atoms in total. The minimum atomic E-state index is 0.0277. The highest BCUT2D eigenvalue weighted by Crippen LogP contribution is 2.39. The number of aryl methyl sites for hydroxylation is 1. The molecule has 0 saturated carbocycles. The van der Waals surface area contributed by atoms with E-state index in [4.69, 9.17) is 0 Å². The Labute approximate surface area is 136 Å². The number of carbonyl (C=O) groups excluding carboxylic acids is 1. The fourth-order valence-electron chi connectivity index (χ4n) is 4.37. The lowest BCUT2D eigenvalue weighted by Gasteiger charge is -2.56. The van der Waals surface area contributed by atoms with Crippen LogP contribution in [-0.4, -0.2) is 45.0 Å². The fraction of sp³-hybridized carbons (Fsp3) is 0.556. The van der Waals surface area contributed by atoms with Gasteiger partial charge in [0.15, 0.2) is 0 Å². The summed E-state index contributed by atoms with van der Waals surface area (Å²) in [7, 11) is 1.95. The van der Waals surface area contributed by atoms with Crippen molar-refractivity contribution in [3.05, 3.63) is 30.1 Å². The molecule has 0 radical (unpaired) electrons. The summed E-state index contributed by atoms with van der Waals surface area (Å²) in [4.78, 5) is 19.6. The molecule has 0 spiro atoms. The smallest absolute Gasteiger partial charge is 0.251 e. The molecule has 5 heteroatoms. The molecule has 2 bridgehead atoms. The second-order valence-electron chi connectivity index (χ2n) is 7.49. The van der Waals surface area contributed by atoms with Crippen LogP contribution in [0.2, 0.25) is 0 Å². The molecular weight excluding hydrogens is 288 g/mol. The Bertz CT molecular complexity index is 755. The van der Waals surface area contributed by atoms with Crippen molar-refractivity contribution >= 4 is 16.9 Å². The third-order valence-corrected chi connectivity index (χ3v) is 5.86. The van der Waals surface area contributed by atoms with Crippen LogP contribution in [0.4, 0.5) is 0 Å². The maximum absolute atomic E-state index is 12.8. The summed E-state index contributed by atoms with van der Waals surface area (Å²) in [5.41, 5.74) is 2.67. The van der Waals surface area contributed by atoms with Crippen molar-refractivity contribution in [3.63, 3.8) is 0 Å². The number of aromatic nitrogens is 2. The molecule has 1 N–H and O–H groups in total. The van der Waals surface area contributed by atoms with E-state index in [0.29, 0.717) is 11.5 Å². The summed E-state index contributed by atoms with van der Waals surface area (Å²) in [5.74, 6) is 0.624. The number of amides is 1. The maximum atomic E-state index is 12.8. The lowest BCUT2D eigenvalue weighted by atomic mass is 9.72. The first-order chi connectivity index (χ1) is 11.0. The lowest BCUT2D eigenvalue weighted by Crippen LogP contribution is -2.69. The molecular formula is C18H24N4O. The Morgan fingerprint density at radius 3 is 2.74 bits per heavy atom. The average Bonchev–Trinajstić information content (AvgIpc) is 2.92. The zero-order chi connectivity index (χ0) is 16.2. The van der Waals surface area contributed by atoms with Gasteiger partial charge in [0, 0.05) is 24.2 Å². The van der Waals surface area contributed by atoms with Gasteiger partial charge in [0.05, 0.1) is 17.4 Å². The normalized spacial score (nSPS) is 28.9. The molecule has 23 heavy (non-hydrogen) atoms. The molecule has 1 aromatic carbocycles. The molecule has 3 saturated heterocycles. The summed E-state index contributed by atoms with van der Waals surface area (Å²) in [6.07, 6.45) is 4.16. The van der Waals surface area contributed by atoms with E-state index in [0.717, 1.165) is 24.1 Å². The predicted octanol–water partition coefficient (Wildman–Crippen LogP) is 2.18. The molecule has 3 aliphatic rings. The van der Waals surface area contributed by atoms with Gasteiger partial charge in [-0.1, -0.05) is 0 Å². The Hall–Kier alpha value is -1.88. The second kappa shape index (κ2) is 5.06. The zero-order valence-corrected chi connectivity index (χ0v) is 14.0. The van der Waals surface area contributed by atoms with Gasteiger partial charge in [0.2, 0.25) is 0 Å². The first-order valence-corrected chi connectivity index (χ1v) is 8.44. The van der Waals surface area contributed by atoms with Crippen molar-refractivity contribution in [2.45, 2.75) is 38.3 Å². The van der Waals surface area contributed by atoms with E-state index in [9.17, 15) is 4.79 Å². The predicted molar refractivity (Wildman–Crippen MR) is 90.3 cm³/mol. The van der Waals surface area contributed by atoms with Gasteiger partial charge in [-0.3, -0.25) is 9.69 Å². The van der Waals surface area contributed by atoms with Crippen molar-refractivity contribution in [3.8, 4) is 0 Å². The number of rotatable bonds is 2. The number of carbonyl (C=O) groups is 1. The average molecular weight is 312 g/mol. The van der Waals surface area contributed by atoms with Gasteiger partial charge in [-0.05, 0) is 63.9 Å².